The Labute approximate surface area is 95.9 Å². The van der Waals surface area contributed by atoms with E-state index >= 15 is 0 Å². The van der Waals surface area contributed by atoms with Crippen LogP contribution >= 0.6 is 0 Å². The summed E-state index contributed by atoms with van der Waals surface area (Å²) in [6.45, 7) is 4.50. The maximum Gasteiger partial charge on any atom is 0.142 e. The highest BCUT2D eigenvalue weighted by atomic mass is 16.3. The van der Waals surface area contributed by atoms with E-state index in [9.17, 15) is 5.11 Å². The minimum Gasteiger partial charge on any atom is -0.391 e. The van der Waals surface area contributed by atoms with Crippen LogP contribution < -0.4 is 5.32 Å². The summed E-state index contributed by atoms with van der Waals surface area (Å²) in [5.74, 6) is 0.882. The predicted octanol–water partition coefficient (Wildman–Crippen LogP) is 1.77. The molecule has 2 unspecified atom stereocenters. The van der Waals surface area contributed by atoms with E-state index in [1.807, 2.05) is 19.9 Å². The number of nitriles is 1. The summed E-state index contributed by atoms with van der Waals surface area (Å²) < 4.78 is 0. The molecule has 0 saturated heterocycles. The molecule has 0 amide bonds. The van der Waals surface area contributed by atoms with Gasteiger partial charge in [-0.2, -0.15) is 5.26 Å². The van der Waals surface area contributed by atoms with E-state index in [2.05, 4.69) is 10.3 Å². The smallest absolute Gasteiger partial charge is 0.142 e. The van der Waals surface area contributed by atoms with Crippen LogP contribution in [0.5, 0.6) is 0 Å². The minimum absolute atomic E-state index is 0.256. The zero-order valence-corrected chi connectivity index (χ0v) is 9.64. The Hall–Kier alpha value is -1.60. The molecule has 0 aromatic carbocycles. The number of nitrogens with zero attached hydrogens (tertiary/aromatic N) is 2. The highest BCUT2D eigenvalue weighted by molar-refractivity contribution is 5.38. The second-order valence-electron chi connectivity index (χ2n) is 3.85. The van der Waals surface area contributed by atoms with Gasteiger partial charge in [-0.15, -0.1) is 0 Å². The molecule has 1 rings (SSSR count). The average molecular weight is 219 g/mol. The van der Waals surface area contributed by atoms with Gasteiger partial charge in [-0.3, -0.25) is 0 Å². The van der Waals surface area contributed by atoms with Crippen molar-refractivity contribution in [2.45, 2.75) is 26.4 Å². The predicted molar refractivity (Wildman–Crippen MR) is 62.9 cm³/mol. The van der Waals surface area contributed by atoms with Crippen molar-refractivity contribution in [3.05, 3.63) is 23.9 Å². The van der Waals surface area contributed by atoms with E-state index in [0.29, 0.717) is 18.1 Å². The highest BCUT2D eigenvalue weighted by Crippen LogP contribution is 2.09. The molecule has 0 aliphatic heterocycles. The van der Waals surface area contributed by atoms with Crippen LogP contribution in [0.1, 0.15) is 26.0 Å². The molecule has 0 aliphatic carbocycles. The molecule has 1 aromatic heterocycles. The molecule has 1 aromatic rings. The fourth-order valence-electron chi connectivity index (χ4n) is 1.28. The molecule has 0 saturated carbocycles. The van der Waals surface area contributed by atoms with Gasteiger partial charge in [-0.25, -0.2) is 4.98 Å². The van der Waals surface area contributed by atoms with Crippen molar-refractivity contribution in [1.29, 1.82) is 5.26 Å². The van der Waals surface area contributed by atoms with Crippen molar-refractivity contribution in [3.63, 3.8) is 0 Å². The van der Waals surface area contributed by atoms with Gasteiger partial charge in [0, 0.05) is 6.54 Å². The van der Waals surface area contributed by atoms with Gasteiger partial charge in [0.15, 0.2) is 0 Å². The lowest BCUT2D eigenvalue weighted by Gasteiger charge is -2.17. The zero-order chi connectivity index (χ0) is 12.0. The van der Waals surface area contributed by atoms with Gasteiger partial charge in [0.25, 0.3) is 0 Å². The van der Waals surface area contributed by atoms with Crippen molar-refractivity contribution < 1.29 is 5.11 Å². The Balaban J connectivity index is 2.51. The first-order chi connectivity index (χ1) is 7.67. The number of aliphatic hydroxyl groups is 1. The fraction of sp³-hybridized carbons (Fsp3) is 0.500. The summed E-state index contributed by atoms with van der Waals surface area (Å²) in [5.41, 5.74) is 0.378. The molecule has 4 heteroatoms. The second-order valence-corrected chi connectivity index (χ2v) is 3.85. The molecule has 0 radical (unpaired) electrons. The first-order valence-corrected chi connectivity index (χ1v) is 5.46. The molecule has 0 spiro atoms. The molecule has 86 valence electrons. The minimum atomic E-state index is -0.391. The lowest BCUT2D eigenvalue weighted by atomic mass is 10.0. The third kappa shape index (κ3) is 3.52. The van der Waals surface area contributed by atoms with Crippen LogP contribution in [0.25, 0.3) is 0 Å². The van der Waals surface area contributed by atoms with Crippen molar-refractivity contribution in [3.8, 4) is 6.07 Å². The van der Waals surface area contributed by atoms with E-state index in [1.165, 1.54) is 0 Å². The Kier molecular flexibility index (Phi) is 4.74. The Morgan fingerprint density at radius 1 is 1.56 bits per heavy atom. The topological polar surface area (TPSA) is 68.9 Å². The maximum absolute atomic E-state index is 9.75. The SMILES string of the molecule is CCC(C)C(O)CNc1cccc(C#N)n1. The van der Waals surface area contributed by atoms with Gasteiger partial charge in [-0.1, -0.05) is 26.3 Å². The van der Waals surface area contributed by atoms with Gasteiger partial charge in [-0.05, 0) is 18.1 Å². The van der Waals surface area contributed by atoms with Crippen molar-refractivity contribution >= 4 is 5.82 Å². The van der Waals surface area contributed by atoms with Crippen LogP contribution in [0.3, 0.4) is 0 Å². The summed E-state index contributed by atoms with van der Waals surface area (Å²) in [6, 6.07) is 7.17. The molecule has 0 bridgehead atoms. The first kappa shape index (κ1) is 12.5. The second kappa shape index (κ2) is 6.09. The van der Waals surface area contributed by atoms with Gasteiger partial charge < -0.3 is 10.4 Å². The van der Waals surface area contributed by atoms with E-state index in [4.69, 9.17) is 5.26 Å². The van der Waals surface area contributed by atoms with Gasteiger partial charge in [0.1, 0.15) is 17.6 Å². The van der Waals surface area contributed by atoms with E-state index in [-0.39, 0.29) is 5.92 Å². The molecule has 4 nitrogen and oxygen atoms in total. The van der Waals surface area contributed by atoms with Crippen LogP contribution in [0.2, 0.25) is 0 Å². The summed E-state index contributed by atoms with van der Waals surface area (Å²) in [4.78, 5) is 4.07. The molecular formula is C12H17N3O. The maximum atomic E-state index is 9.75. The first-order valence-electron chi connectivity index (χ1n) is 5.46. The zero-order valence-electron chi connectivity index (χ0n) is 9.64. The molecular weight excluding hydrogens is 202 g/mol. The van der Waals surface area contributed by atoms with Crippen LogP contribution in [-0.4, -0.2) is 22.7 Å². The third-order valence-corrected chi connectivity index (χ3v) is 2.66. The number of anilines is 1. The number of hydrogen-bond acceptors (Lipinski definition) is 4. The Morgan fingerprint density at radius 3 is 2.94 bits per heavy atom. The van der Waals surface area contributed by atoms with Crippen LogP contribution in [0, 0.1) is 17.2 Å². The number of nitrogens with one attached hydrogen (secondary N) is 1. The number of aliphatic hydroxyl groups excluding tert-OH is 1. The monoisotopic (exact) mass is 219 g/mol. The summed E-state index contributed by atoms with van der Waals surface area (Å²) in [6.07, 6.45) is 0.548. The van der Waals surface area contributed by atoms with Crippen LogP contribution in [0.4, 0.5) is 5.82 Å². The van der Waals surface area contributed by atoms with E-state index in [1.54, 1.807) is 18.2 Å². The van der Waals surface area contributed by atoms with E-state index in [0.717, 1.165) is 6.42 Å². The highest BCUT2D eigenvalue weighted by Gasteiger charge is 2.11. The van der Waals surface area contributed by atoms with Crippen molar-refractivity contribution in [2.24, 2.45) is 5.92 Å². The fourth-order valence-corrected chi connectivity index (χ4v) is 1.28. The molecule has 0 aliphatic rings. The van der Waals surface area contributed by atoms with Gasteiger partial charge >= 0.3 is 0 Å². The number of rotatable bonds is 5. The normalized spacial score (nSPS) is 13.9. The number of aromatic nitrogens is 1. The quantitative estimate of drug-likeness (QED) is 0.792. The Morgan fingerprint density at radius 2 is 2.31 bits per heavy atom. The number of hydrogen-bond donors (Lipinski definition) is 2. The van der Waals surface area contributed by atoms with Gasteiger partial charge in [0.2, 0.25) is 0 Å². The molecule has 2 atom stereocenters. The average Bonchev–Trinajstić information content (AvgIpc) is 2.35. The summed E-state index contributed by atoms with van der Waals surface area (Å²) >= 11 is 0. The number of pyridine rings is 1. The van der Waals surface area contributed by atoms with Crippen LogP contribution in [0.15, 0.2) is 18.2 Å². The molecule has 1 heterocycles. The summed E-state index contributed by atoms with van der Waals surface area (Å²) in [7, 11) is 0. The molecule has 0 fully saturated rings. The van der Waals surface area contributed by atoms with Crippen molar-refractivity contribution in [2.75, 3.05) is 11.9 Å². The van der Waals surface area contributed by atoms with E-state index < -0.39 is 6.10 Å². The third-order valence-electron chi connectivity index (χ3n) is 2.66. The van der Waals surface area contributed by atoms with Crippen molar-refractivity contribution in [1.82, 2.24) is 4.98 Å². The largest absolute Gasteiger partial charge is 0.391 e. The lowest BCUT2D eigenvalue weighted by molar-refractivity contribution is 0.126. The molecule has 2 N–H and O–H groups in total. The lowest BCUT2D eigenvalue weighted by Crippen LogP contribution is -2.26. The van der Waals surface area contributed by atoms with Crippen LogP contribution in [-0.2, 0) is 0 Å². The summed E-state index contributed by atoms with van der Waals surface area (Å²) in [5, 5.41) is 21.4. The molecule has 16 heavy (non-hydrogen) atoms. The standard InChI is InChI=1S/C12H17N3O/c1-3-9(2)11(16)8-14-12-6-4-5-10(7-13)15-12/h4-6,9,11,16H,3,8H2,1-2H3,(H,14,15). The van der Waals surface area contributed by atoms with Gasteiger partial charge in [0.05, 0.1) is 6.10 Å². The Bertz CT molecular complexity index is 373.